The van der Waals surface area contributed by atoms with Crippen LogP contribution in [0.4, 0.5) is 22.7 Å². The third-order valence-corrected chi connectivity index (χ3v) is 5.26. The number of hydrogen-bond donors (Lipinski definition) is 4. The van der Waals surface area contributed by atoms with Crippen LogP contribution in [0.25, 0.3) is 0 Å². The number of morpholine rings is 1. The van der Waals surface area contributed by atoms with Crippen molar-refractivity contribution in [2.45, 2.75) is 13.3 Å². The quantitative estimate of drug-likeness (QED) is 0.520. The molecule has 0 spiro atoms. The van der Waals surface area contributed by atoms with Crippen molar-refractivity contribution < 1.29 is 19.4 Å². The van der Waals surface area contributed by atoms with Crippen molar-refractivity contribution in [3.63, 3.8) is 0 Å². The Hall–Kier alpha value is -3.08. The highest BCUT2D eigenvalue weighted by molar-refractivity contribution is 6.11. The van der Waals surface area contributed by atoms with Gasteiger partial charge in [0, 0.05) is 32.4 Å². The van der Waals surface area contributed by atoms with E-state index < -0.39 is 6.79 Å². The third-order valence-electron chi connectivity index (χ3n) is 5.26. The van der Waals surface area contributed by atoms with E-state index in [0.29, 0.717) is 55.4 Å². The van der Waals surface area contributed by atoms with Gasteiger partial charge in [-0.05, 0) is 18.1 Å². The Morgan fingerprint density at radius 3 is 2.83 bits per heavy atom. The van der Waals surface area contributed by atoms with Crippen molar-refractivity contribution in [2.75, 3.05) is 60.8 Å². The number of carbonyl (C=O) groups excluding carboxylic acids is 1. The molecule has 1 aromatic carbocycles. The summed E-state index contributed by atoms with van der Waals surface area (Å²) in [5.74, 6) is 0.339. The number of hydrazine groups is 2. The van der Waals surface area contributed by atoms with Gasteiger partial charge in [0.25, 0.3) is 5.91 Å². The number of amides is 1. The molecule has 1 amide bonds. The van der Waals surface area contributed by atoms with Crippen LogP contribution in [0.3, 0.4) is 0 Å². The van der Waals surface area contributed by atoms with Gasteiger partial charge in [0.05, 0.1) is 47.7 Å². The summed E-state index contributed by atoms with van der Waals surface area (Å²) in [5, 5.41) is 14.1. The maximum Gasteiger partial charge on any atom is 0.259 e. The van der Waals surface area contributed by atoms with Gasteiger partial charge in [0.2, 0.25) is 0 Å². The monoisotopic (exact) mass is 414 g/mol. The lowest BCUT2D eigenvalue weighted by molar-refractivity contribution is 0.0973. The predicted molar refractivity (Wildman–Crippen MR) is 114 cm³/mol. The molecule has 0 radical (unpaired) electrons. The first-order chi connectivity index (χ1) is 14.6. The van der Waals surface area contributed by atoms with Crippen molar-refractivity contribution >= 4 is 28.7 Å². The van der Waals surface area contributed by atoms with Gasteiger partial charge in [-0.15, -0.1) is 5.53 Å². The highest BCUT2D eigenvalue weighted by Gasteiger charge is 2.25. The van der Waals surface area contributed by atoms with Gasteiger partial charge in [0.15, 0.2) is 6.79 Å². The van der Waals surface area contributed by atoms with Crippen LogP contribution in [0.5, 0.6) is 5.75 Å². The SMILES string of the molecule is CCc1cc(NC(=O)c2cncc3c2NNN3C)c(N2CCOCC2)cc1OCO. The molecule has 4 N–H and O–H groups in total. The molecule has 10 heteroatoms. The summed E-state index contributed by atoms with van der Waals surface area (Å²) in [6, 6.07) is 3.78. The highest BCUT2D eigenvalue weighted by Crippen LogP contribution is 2.36. The second-order valence-corrected chi connectivity index (χ2v) is 7.03. The first kappa shape index (κ1) is 20.2. The zero-order valence-corrected chi connectivity index (χ0v) is 17.1. The molecule has 0 atom stereocenters. The van der Waals surface area contributed by atoms with Crippen LogP contribution in [-0.2, 0) is 11.2 Å². The Morgan fingerprint density at radius 1 is 1.30 bits per heavy atom. The zero-order valence-electron chi connectivity index (χ0n) is 17.1. The second kappa shape index (κ2) is 8.74. The van der Waals surface area contributed by atoms with Crippen LogP contribution in [0, 0.1) is 0 Å². The van der Waals surface area contributed by atoms with Crippen LogP contribution in [-0.4, -0.2) is 56.1 Å². The van der Waals surface area contributed by atoms with E-state index in [0.717, 1.165) is 16.9 Å². The average molecular weight is 414 g/mol. The minimum atomic E-state index is -0.407. The molecule has 4 rings (SSSR count). The molecule has 30 heavy (non-hydrogen) atoms. The number of rotatable bonds is 6. The minimum absolute atomic E-state index is 0.267. The number of aromatic nitrogens is 1. The van der Waals surface area contributed by atoms with Gasteiger partial charge in [-0.1, -0.05) is 6.92 Å². The number of hydrogen-bond acceptors (Lipinski definition) is 9. The van der Waals surface area contributed by atoms with E-state index in [4.69, 9.17) is 9.47 Å². The number of aliphatic hydroxyl groups is 1. The molecule has 0 unspecified atom stereocenters. The van der Waals surface area contributed by atoms with Gasteiger partial charge in [0.1, 0.15) is 5.75 Å². The predicted octanol–water partition coefficient (Wildman–Crippen LogP) is 1.34. The van der Waals surface area contributed by atoms with Crippen LogP contribution < -0.4 is 30.9 Å². The summed E-state index contributed by atoms with van der Waals surface area (Å²) in [6.45, 7) is 4.21. The maximum atomic E-state index is 13.2. The number of nitrogens with one attached hydrogen (secondary N) is 3. The molecule has 160 valence electrons. The van der Waals surface area contributed by atoms with E-state index >= 15 is 0 Å². The summed E-state index contributed by atoms with van der Waals surface area (Å²) >= 11 is 0. The number of anilines is 4. The van der Waals surface area contributed by atoms with Crippen molar-refractivity contribution in [1.82, 2.24) is 10.5 Å². The Labute approximate surface area is 174 Å². The van der Waals surface area contributed by atoms with Gasteiger partial charge in [-0.3, -0.25) is 14.8 Å². The Morgan fingerprint density at radius 2 is 2.10 bits per heavy atom. The number of ether oxygens (including phenoxy) is 2. The van der Waals surface area contributed by atoms with Crippen molar-refractivity contribution in [2.24, 2.45) is 0 Å². The van der Waals surface area contributed by atoms with E-state index in [1.165, 1.54) is 0 Å². The molecule has 0 bridgehead atoms. The largest absolute Gasteiger partial charge is 0.467 e. The molecule has 2 aliphatic heterocycles. The van der Waals surface area contributed by atoms with Crippen LogP contribution >= 0.6 is 0 Å². The van der Waals surface area contributed by atoms with E-state index in [2.05, 4.69) is 26.2 Å². The standard InChI is InChI=1S/C20H26N6O4/c1-3-13-8-15(16(9-18(13)30-12-27)26-4-6-29-7-5-26)22-20(28)14-10-21-11-17-19(14)23-24-25(17)2/h8-11,23-24,27H,3-7,12H2,1-2H3,(H,22,28). The molecule has 1 fully saturated rings. The first-order valence-corrected chi connectivity index (χ1v) is 9.90. The molecular formula is C20H26N6O4. The van der Waals surface area contributed by atoms with E-state index in [-0.39, 0.29) is 5.91 Å². The average Bonchev–Trinajstić information content (AvgIpc) is 3.16. The Kier molecular flexibility index (Phi) is 5.88. The Balaban J connectivity index is 1.70. The van der Waals surface area contributed by atoms with Crippen LogP contribution in [0.1, 0.15) is 22.8 Å². The van der Waals surface area contributed by atoms with Crippen LogP contribution in [0.2, 0.25) is 0 Å². The van der Waals surface area contributed by atoms with Crippen molar-refractivity contribution in [1.29, 1.82) is 0 Å². The summed E-state index contributed by atoms with van der Waals surface area (Å²) in [7, 11) is 1.84. The molecule has 2 aromatic rings. The van der Waals surface area contributed by atoms with Gasteiger partial charge in [-0.2, -0.15) is 0 Å². The van der Waals surface area contributed by atoms with Gasteiger partial charge < -0.3 is 30.2 Å². The first-order valence-electron chi connectivity index (χ1n) is 9.90. The third kappa shape index (κ3) is 3.84. The molecular weight excluding hydrogens is 388 g/mol. The number of fused-ring (bicyclic) bond motifs is 1. The molecule has 10 nitrogen and oxygen atoms in total. The minimum Gasteiger partial charge on any atom is -0.467 e. The normalized spacial score (nSPS) is 15.6. The van der Waals surface area contributed by atoms with Crippen molar-refractivity contribution in [3.8, 4) is 5.75 Å². The zero-order chi connectivity index (χ0) is 21.1. The fourth-order valence-corrected chi connectivity index (χ4v) is 3.66. The Bertz CT molecular complexity index is 932. The molecule has 0 saturated carbocycles. The summed E-state index contributed by atoms with van der Waals surface area (Å²) < 4.78 is 10.9. The number of benzene rings is 1. The number of carbonyl (C=O) groups is 1. The fourth-order valence-electron chi connectivity index (χ4n) is 3.66. The molecule has 1 aromatic heterocycles. The smallest absolute Gasteiger partial charge is 0.259 e. The summed E-state index contributed by atoms with van der Waals surface area (Å²) in [6.07, 6.45) is 3.93. The number of aliphatic hydroxyl groups excluding tert-OH is 1. The van der Waals surface area contributed by atoms with E-state index in [1.54, 1.807) is 17.4 Å². The van der Waals surface area contributed by atoms with E-state index in [1.807, 2.05) is 26.1 Å². The lowest BCUT2D eigenvalue weighted by Gasteiger charge is -2.31. The summed E-state index contributed by atoms with van der Waals surface area (Å²) in [4.78, 5) is 19.5. The van der Waals surface area contributed by atoms with Gasteiger partial charge >= 0.3 is 0 Å². The lowest BCUT2D eigenvalue weighted by atomic mass is 10.1. The number of aryl methyl sites for hydroxylation is 1. The van der Waals surface area contributed by atoms with Gasteiger partial charge in [-0.25, -0.2) is 0 Å². The topological polar surface area (TPSA) is 111 Å². The van der Waals surface area contributed by atoms with Crippen molar-refractivity contribution in [3.05, 3.63) is 35.7 Å². The maximum absolute atomic E-state index is 13.2. The van der Waals surface area contributed by atoms with E-state index in [9.17, 15) is 9.90 Å². The van der Waals surface area contributed by atoms with Crippen LogP contribution in [0.15, 0.2) is 24.5 Å². The lowest BCUT2D eigenvalue weighted by Crippen LogP contribution is -2.37. The highest BCUT2D eigenvalue weighted by atomic mass is 16.6. The molecule has 0 aliphatic carbocycles. The number of pyridine rings is 1. The summed E-state index contributed by atoms with van der Waals surface area (Å²) in [5.41, 5.74) is 10.3. The molecule has 1 saturated heterocycles. The second-order valence-electron chi connectivity index (χ2n) is 7.03. The fraction of sp³-hybridized carbons (Fsp3) is 0.400. The molecule has 2 aliphatic rings. The molecule has 3 heterocycles. The number of nitrogens with zero attached hydrogens (tertiary/aromatic N) is 3.